The minimum absolute atomic E-state index is 0.0309. The molecule has 166 valence electrons. The molecule has 2 heterocycles. The van der Waals surface area contributed by atoms with Crippen molar-refractivity contribution in [2.45, 2.75) is 45.7 Å². The lowest BCUT2D eigenvalue weighted by Gasteiger charge is -2.19. The first kappa shape index (κ1) is 22.6. The van der Waals surface area contributed by atoms with Gasteiger partial charge in [-0.15, -0.1) is 0 Å². The van der Waals surface area contributed by atoms with E-state index >= 15 is 0 Å². The Bertz CT molecular complexity index is 1010. The third kappa shape index (κ3) is 5.52. The predicted octanol–water partition coefficient (Wildman–Crippen LogP) is 3.93. The minimum Gasteiger partial charge on any atom is -0.497 e. The second-order valence-corrected chi connectivity index (χ2v) is 7.42. The summed E-state index contributed by atoms with van der Waals surface area (Å²) in [5.74, 6) is 2.56. The molecule has 0 saturated carbocycles. The number of aromatic nitrogens is 3. The van der Waals surface area contributed by atoms with Gasteiger partial charge in [0.1, 0.15) is 17.0 Å². The van der Waals surface area contributed by atoms with Gasteiger partial charge in [0.25, 0.3) is 0 Å². The number of hydrogen-bond donors (Lipinski definition) is 3. The van der Waals surface area contributed by atoms with Gasteiger partial charge in [-0.2, -0.15) is 4.98 Å². The minimum atomic E-state index is -0.0881. The topological polar surface area (TPSA) is 101 Å². The third-order valence-corrected chi connectivity index (χ3v) is 5.18. The summed E-state index contributed by atoms with van der Waals surface area (Å²) < 4.78 is 10.7. The summed E-state index contributed by atoms with van der Waals surface area (Å²) in [6, 6.07) is 7.52. The molecular formula is C23H31N5O3. The molecule has 8 heteroatoms. The molecular weight excluding hydrogens is 394 g/mol. The molecule has 0 unspecified atom stereocenters. The van der Waals surface area contributed by atoms with Crippen molar-refractivity contribution in [3.63, 3.8) is 0 Å². The van der Waals surface area contributed by atoms with Crippen LogP contribution in [0.15, 0.2) is 30.5 Å². The number of pyridine rings is 1. The van der Waals surface area contributed by atoms with E-state index in [9.17, 15) is 5.11 Å². The monoisotopic (exact) mass is 425 g/mol. The molecule has 0 aliphatic carbocycles. The summed E-state index contributed by atoms with van der Waals surface area (Å²) in [6.07, 6.45) is 4.70. The van der Waals surface area contributed by atoms with Crippen molar-refractivity contribution in [3.8, 4) is 11.5 Å². The van der Waals surface area contributed by atoms with Crippen LogP contribution in [0.3, 0.4) is 0 Å². The van der Waals surface area contributed by atoms with Crippen molar-refractivity contribution < 1.29 is 14.6 Å². The quantitative estimate of drug-likeness (QED) is 0.425. The van der Waals surface area contributed by atoms with Gasteiger partial charge < -0.3 is 25.2 Å². The number of rotatable bonds is 11. The zero-order valence-electron chi connectivity index (χ0n) is 18.6. The first-order valence-corrected chi connectivity index (χ1v) is 10.5. The number of nitrogens with zero attached hydrogens (tertiary/aromatic N) is 3. The van der Waals surface area contributed by atoms with Crippen LogP contribution in [0.1, 0.15) is 37.3 Å². The van der Waals surface area contributed by atoms with E-state index in [4.69, 9.17) is 9.47 Å². The number of benzene rings is 1. The molecule has 0 aliphatic heterocycles. The lowest BCUT2D eigenvalue weighted by molar-refractivity contribution is 0.267. The van der Waals surface area contributed by atoms with E-state index < -0.39 is 0 Å². The Morgan fingerprint density at radius 1 is 1.10 bits per heavy atom. The number of aryl methyl sites for hydroxylation is 1. The average Bonchev–Trinajstić information content (AvgIpc) is 2.80. The SMILES string of the molecule is CCCC[C@H](CO)Nc1nc(NCc2ccc(OC)cc2OC)nc2c(C)ccnc12. The molecule has 3 rings (SSSR count). The van der Waals surface area contributed by atoms with Gasteiger partial charge in [0.05, 0.1) is 32.4 Å². The highest BCUT2D eigenvalue weighted by Gasteiger charge is 2.15. The molecule has 0 bridgehead atoms. The highest BCUT2D eigenvalue weighted by Crippen LogP contribution is 2.27. The van der Waals surface area contributed by atoms with Gasteiger partial charge in [-0.3, -0.25) is 4.98 Å². The largest absolute Gasteiger partial charge is 0.497 e. The van der Waals surface area contributed by atoms with Crippen molar-refractivity contribution >= 4 is 22.8 Å². The molecule has 0 fully saturated rings. The number of ether oxygens (including phenoxy) is 2. The fourth-order valence-electron chi connectivity index (χ4n) is 3.36. The number of fused-ring (bicyclic) bond motifs is 1. The fourth-order valence-corrected chi connectivity index (χ4v) is 3.36. The first-order chi connectivity index (χ1) is 15.1. The summed E-state index contributed by atoms with van der Waals surface area (Å²) in [4.78, 5) is 13.8. The molecule has 8 nitrogen and oxygen atoms in total. The molecule has 1 atom stereocenters. The molecule has 1 aromatic carbocycles. The molecule has 0 radical (unpaired) electrons. The molecule has 2 aromatic heterocycles. The van der Waals surface area contributed by atoms with E-state index in [1.165, 1.54) is 0 Å². The molecule has 31 heavy (non-hydrogen) atoms. The van der Waals surface area contributed by atoms with Crippen molar-refractivity contribution in [2.24, 2.45) is 0 Å². The van der Waals surface area contributed by atoms with Crippen LogP contribution in [0.5, 0.6) is 11.5 Å². The molecule has 0 saturated heterocycles. The average molecular weight is 426 g/mol. The normalized spacial score (nSPS) is 11.9. The molecule has 3 N–H and O–H groups in total. The summed E-state index contributed by atoms with van der Waals surface area (Å²) in [7, 11) is 3.26. The van der Waals surface area contributed by atoms with E-state index in [0.717, 1.165) is 47.4 Å². The standard InChI is InChI=1S/C23H31N5O3/c1-5-6-7-17(14-29)26-22-21-20(15(2)10-11-24-21)27-23(28-22)25-13-16-8-9-18(30-3)12-19(16)31-4/h8-12,17,29H,5-7,13-14H2,1-4H3,(H2,25,26,27,28)/t17-/m1/s1. The Kier molecular flexibility index (Phi) is 7.83. The van der Waals surface area contributed by atoms with Gasteiger partial charge in [-0.25, -0.2) is 4.98 Å². The Morgan fingerprint density at radius 3 is 2.65 bits per heavy atom. The number of nitrogens with one attached hydrogen (secondary N) is 2. The number of aliphatic hydroxyl groups excluding tert-OH is 1. The maximum absolute atomic E-state index is 9.80. The van der Waals surface area contributed by atoms with Crippen molar-refractivity contribution in [1.29, 1.82) is 0 Å². The van der Waals surface area contributed by atoms with Crippen LogP contribution in [0, 0.1) is 6.92 Å². The van der Waals surface area contributed by atoms with Gasteiger partial charge >= 0.3 is 0 Å². The van der Waals surface area contributed by atoms with Crippen LogP contribution < -0.4 is 20.1 Å². The second kappa shape index (κ2) is 10.8. The van der Waals surface area contributed by atoms with E-state index in [0.29, 0.717) is 23.8 Å². The number of hydrogen-bond acceptors (Lipinski definition) is 8. The van der Waals surface area contributed by atoms with Gasteiger partial charge in [0, 0.05) is 24.4 Å². The maximum atomic E-state index is 9.80. The molecule has 0 amide bonds. The lowest BCUT2D eigenvalue weighted by atomic mass is 10.1. The zero-order valence-corrected chi connectivity index (χ0v) is 18.6. The van der Waals surface area contributed by atoms with Crippen molar-refractivity contribution in [2.75, 3.05) is 31.5 Å². The summed E-state index contributed by atoms with van der Waals surface area (Å²) in [6.45, 7) is 4.65. The van der Waals surface area contributed by atoms with Gasteiger partial charge in [0.15, 0.2) is 5.82 Å². The van der Waals surface area contributed by atoms with Crippen LogP contribution >= 0.6 is 0 Å². The van der Waals surface area contributed by atoms with Gasteiger partial charge in [-0.1, -0.05) is 19.8 Å². The van der Waals surface area contributed by atoms with Crippen LogP contribution in [0.25, 0.3) is 11.0 Å². The molecule has 0 aliphatic rings. The number of aliphatic hydroxyl groups is 1. The maximum Gasteiger partial charge on any atom is 0.225 e. The number of unbranched alkanes of at least 4 members (excludes halogenated alkanes) is 1. The highest BCUT2D eigenvalue weighted by atomic mass is 16.5. The molecule has 3 aromatic rings. The van der Waals surface area contributed by atoms with E-state index in [1.54, 1.807) is 20.4 Å². The zero-order chi connectivity index (χ0) is 22.2. The third-order valence-electron chi connectivity index (χ3n) is 5.18. The Labute approximate surface area is 183 Å². The van der Waals surface area contributed by atoms with Crippen LogP contribution in [-0.2, 0) is 6.54 Å². The van der Waals surface area contributed by atoms with E-state index in [2.05, 4.69) is 32.5 Å². The first-order valence-electron chi connectivity index (χ1n) is 10.5. The fraction of sp³-hybridized carbons (Fsp3) is 0.435. The number of methoxy groups -OCH3 is 2. The summed E-state index contributed by atoms with van der Waals surface area (Å²) >= 11 is 0. The van der Waals surface area contributed by atoms with E-state index in [-0.39, 0.29) is 12.6 Å². The summed E-state index contributed by atoms with van der Waals surface area (Å²) in [5.41, 5.74) is 3.44. The second-order valence-electron chi connectivity index (χ2n) is 7.42. The van der Waals surface area contributed by atoms with Gasteiger partial charge in [0.2, 0.25) is 5.95 Å². The lowest BCUT2D eigenvalue weighted by Crippen LogP contribution is -2.25. The van der Waals surface area contributed by atoms with E-state index in [1.807, 2.05) is 31.2 Å². The van der Waals surface area contributed by atoms with Crippen molar-refractivity contribution in [3.05, 3.63) is 41.6 Å². The highest BCUT2D eigenvalue weighted by molar-refractivity contribution is 5.88. The van der Waals surface area contributed by atoms with Crippen LogP contribution in [0.4, 0.5) is 11.8 Å². The smallest absolute Gasteiger partial charge is 0.225 e. The van der Waals surface area contributed by atoms with Crippen LogP contribution in [0.2, 0.25) is 0 Å². The summed E-state index contributed by atoms with van der Waals surface area (Å²) in [5, 5.41) is 16.5. The van der Waals surface area contributed by atoms with Crippen LogP contribution in [-0.4, -0.2) is 46.9 Å². The Morgan fingerprint density at radius 2 is 1.94 bits per heavy atom. The Hall–Kier alpha value is -3.13. The number of anilines is 2. The predicted molar refractivity (Wildman–Crippen MR) is 123 cm³/mol. The Balaban J connectivity index is 1.89. The van der Waals surface area contributed by atoms with Crippen molar-refractivity contribution in [1.82, 2.24) is 15.0 Å². The molecule has 0 spiro atoms. The van der Waals surface area contributed by atoms with Gasteiger partial charge in [-0.05, 0) is 37.1 Å².